The average Bonchev–Trinajstić information content (AvgIpc) is 2.91. The van der Waals surface area contributed by atoms with Crippen LogP contribution in [0.25, 0.3) is 0 Å². The summed E-state index contributed by atoms with van der Waals surface area (Å²) in [5.74, 6) is -2.34. The van der Waals surface area contributed by atoms with E-state index in [1.807, 2.05) is 0 Å². The molecule has 0 aromatic carbocycles. The van der Waals surface area contributed by atoms with Crippen molar-refractivity contribution in [3.8, 4) is 0 Å². The Kier molecular flexibility index (Phi) is 26.0. The fourth-order valence-electron chi connectivity index (χ4n) is 5.48. The summed E-state index contributed by atoms with van der Waals surface area (Å²) in [5.41, 5.74) is 0. The summed E-state index contributed by atoms with van der Waals surface area (Å²) in [5, 5.41) is 27.1. The summed E-state index contributed by atoms with van der Waals surface area (Å²) in [6, 6.07) is 0. The molecule has 0 bridgehead atoms. The van der Waals surface area contributed by atoms with Crippen molar-refractivity contribution in [3.63, 3.8) is 0 Å². The fraction of sp³-hybridized carbons (Fsp3) is 0.848. The van der Waals surface area contributed by atoms with Gasteiger partial charge in [-0.1, -0.05) is 90.0 Å². The van der Waals surface area contributed by atoms with E-state index in [1.54, 1.807) is 0 Å². The van der Waals surface area contributed by atoms with Crippen molar-refractivity contribution in [2.24, 2.45) is 0 Å². The maximum Gasteiger partial charge on any atom is 0.303 e. The Morgan fingerprint density at radius 3 is 1.18 bits per heavy atom. The first-order valence-electron chi connectivity index (χ1n) is 16.5. The summed E-state index contributed by atoms with van der Waals surface area (Å²) in [6.07, 6.45) is 27.9. The maximum atomic E-state index is 11.0. The van der Waals surface area contributed by atoms with Crippen LogP contribution in [0.2, 0.25) is 0 Å². The van der Waals surface area contributed by atoms with Crippen LogP contribution in [0.3, 0.4) is 0 Å². The van der Waals surface area contributed by atoms with E-state index in [2.05, 4.69) is 19.1 Å². The van der Waals surface area contributed by atoms with Crippen LogP contribution in [-0.4, -0.2) is 63.9 Å². The van der Waals surface area contributed by atoms with E-state index in [0.29, 0.717) is 19.3 Å². The number of hydrogen-bond donors (Lipinski definition) is 3. The third-order valence-electron chi connectivity index (χ3n) is 7.95. The molecule has 0 spiro atoms. The van der Waals surface area contributed by atoms with Crippen LogP contribution in [0.4, 0.5) is 0 Å². The van der Waals surface area contributed by atoms with Crippen LogP contribution in [-0.2, 0) is 14.4 Å². The summed E-state index contributed by atoms with van der Waals surface area (Å²) < 4.78 is 0.786. The van der Waals surface area contributed by atoms with Crippen molar-refractivity contribution in [2.45, 2.75) is 155 Å². The van der Waals surface area contributed by atoms with Gasteiger partial charge in [0.25, 0.3) is 0 Å². The average molecular weight is 569 g/mol. The Hall–Kier alpha value is -1.89. The third-order valence-corrected chi connectivity index (χ3v) is 7.95. The first-order chi connectivity index (χ1) is 19.3. The Morgan fingerprint density at radius 2 is 0.825 bits per heavy atom. The highest BCUT2D eigenvalue weighted by atomic mass is 16.4. The van der Waals surface area contributed by atoms with Gasteiger partial charge in [0, 0.05) is 19.3 Å². The SMILES string of the molecule is CCCCCCCCCCCCCCC/C=C/C[N+](CCCCC(=O)O)(CCCCC(=O)O)CCCCC(=O)O. The Balaban J connectivity index is 4.52. The second-order valence-electron chi connectivity index (χ2n) is 11.8. The topological polar surface area (TPSA) is 112 Å². The van der Waals surface area contributed by atoms with Crippen LogP contribution in [0.5, 0.6) is 0 Å². The molecule has 0 atom stereocenters. The molecule has 0 amide bonds. The molecule has 40 heavy (non-hydrogen) atoms. The predicted molar refractivity (Wildman–Crippen MR) is 164 cm³/mol. The van der Waals surface area contributed by atoms with Crippen molar-refractivity contribution in [3.05, 3.63) is 12.2 Å². The largest absolute Gasteiger partial charge is 0.481 e. The van der Waals surface area contributed by atoms with Crippen molar-refractivity contribution in [1.82, 2.24) is 0 Å². The van der Waals surface area contributed by atoms with Gasteiger partial charge in [0.05, 0.1) is 26.2 Å². The molecule has 0 unspecified atom stereocenters. The molecule has 0 aromatic heterocycles. The molecule has 7 nitrogen and oxygen atoms in total. The first kappa shape index (κ1) is 38.1. The monoisotopic (exact) mass is 568 g/mol. The molecule has 0 aliphatic heterocycles. The zero-order valence-electron chi connectivity index (χ0n) is 25.8. The molecule has 0 heterocycles. The molecular weight excluding hydrogens is 506 g/mol. The van der Waals surface area contributed by atoms with E-state index in [1.165, 1.54) is 83.5 Å². The van der Waals surface area contributed by atoms with Gasteiger partial charge in [-0.15, -0.1) is 0 Å². The van der Waals surface area contributed by atoms with Crippen LogP contribution in [0.15, 0.2) is 12.2 Å². The minimum absolute atomic E-state index is 0.160. The van der Waals surface area contributed by atoms with Crippen LogP contribution in [0.1, 0.15) is 155 Å². The lowest BCUT2D eigenvalue weighted by atomic mass is 10.0. The minimum atomic E-state index is -0.779. The molecular formula is C33H62NO6+. The summed E-state index contributed by atoms with van der Waals surface area (Å²) in [4.78, 5) is 33.0. The van der Waals surface area contributed by atoms with Crippen molar-refractivity contribution >= 4 is 17.9 Å². The highest BCUT2D eigenvalue weighted by Gasteiger charge is 2.25. The number of carboxylic acids is 3. The number of carboxylic acid groups (broad SMARTS) is 3. The van der Waals surface area contributed by atoms with E-state index < -0.39 is 17.9 Å². The molecule has 0 aliphatic carbocycles. The lowest BCUT2D eigenvalue weighted by molar-refractivity contribution is -0.923. The van der Waals surface area contributed by atoms with Gasteiger partial charge in [0.1, 0.15) is 0 Å². The zero-order chi connectivity index (χ0) is 29.7. The Bertz CT molecular complexity index is 608. The van der Waals surface area contributed by atoms with E-state index in [0.717, 1.165) is 56.3 Å². The lowest BCUT2D eigenvalue weighted by Crippen LogP contribution is -2.50. The molecule has 234 valence electrons. The Morgan fingerprint density at radius 1 is 0.475 bits per heavy atom. The van der Waals surface area contributed by atoms with Gasteiger partial charge in [-0.3, -0.25) is 14.4 Å². The summed E-state index contributed by atoms with van der Waals surface area (Å²) >= 11 is 0. The minimum Gasteiger partial charge on any atom is -0.481 e. The molecule has 0 saturated carbocycles. The molecule has 0 rings (SSSR count). The number of hydrogen-bond acceptors (Lipinski definition) is 3. The molecule has 0 saturated heterocycles. The standard InChI is InChI=1S/C33H61NO6/c1-2-3-4-5-6-7-8-9-10-11-12-13-14-15-16-20-27-34(28-21-17-24-31(35)36,29-22-18-25-32(37)38)30-23-19-26-33(39)40/h16,20H,2-15,17-19,21-30H2,1H3,(H2-,35,36,37,38,39,40)/p+1/b20-16+. The maximum absolute atomic E-state index is 11.0. The molecule has 0 aromatic rings. The number of unbranched alkanes of at least 4 members (excludes halogenated alkanes) is 16. The van der Waals surface area contributed by atoms with Gasteiger partial charge in [-0.2, -0.15) is 0 Å². The van der Waals surface area contributed by atoms with E-state index in [9.17, 15) is 14.4 Å². The van der Waals surface area contributed by atoms with Crippen LogP contribution in [0, 0.1) is 0 Å². The highest BCUT2D eigenvalue weighted by molar-refractivity contribution is 5.67. The predicted octanol–water partition coefficient (Wildman–Crippen LogP) is 8.61. The molecule has 0 radical (unpaired) electrons. The van der Waals surface area contributed by atoms with E-state index in [-0.39, 0.29) is 19.3 Å². The fourth-order valence-corrected chi connectivity index (χ4v) is 5.48. The van der Waals surface area contributed by atoms with E-state index >= 15 is 0 Å². The number of nitrogens with zero attached hydrogens (tertiary/aromatic N) is 1. The zero-order valence-corrected chi connectivity index (χ0v) is 25.8. The third kappa shape index (κ3) is 26.3. The van der Waals surface area contributed by atoms with Crippen molar-refractivity contribution in [1.29, 1.82) is 0 Å². The quantitative estimate of drug-likeness (QED) is 0.0438. The van der Waals surface area contributed by atoms with Gasteiger partial charge in [0.2, 0.25) is 0 Å². The van der Waals surface area contributed by atoms with Gasteiger partial charge in [-0.25, -0.2) is 0 Å². The Labute approximate surface area is 245 Å². The second kappa shape index (κ2) is 27.3. The van der Waals surface area contributed by atoms with Crippen molar-refractivity contribution < 1.29 is 34.2 Å². The summed E-state index contributed by atoms with van der Waals surface area (Å²) in [7, 11) is 0. The molecule has 3 N–H and O–H groups in total. The smallest absolute Gasteiger partial charge is 0.303 e. The van der Waals surface area contributed by atoms with Crippen LogP contribution < -0.4 is 0 Å². The lowest BCUT2D eigenvalue weighted by Gasteiger charge is -2.38. The number of allylic oxidation sites excluding steroid dienone is 1. The normalized spacial score (nSPS) is 11.8. The number of quaternary nitrogens is 1. The number of aliphatic carboxylic acids is 3. The molecule has 7 heteroatoms. The highest BCUT2D eigenvalue weighted by Crippen LogP contribution is 2.18. The second-order valence-corrected chi connectivity index (χ2v) is 11.8. The number of carbonyl (C=O) groups is 3. The van der Waals surface area contributed by atoms with Crippen molar-refractivity contribution in [2.75, 3.05) is 26.2 Å². The summed E-state index contributed by atoms with van der Waals surface area (Å²) in [6.45, 7) is 5.63. The van der Waals surface area contributed by atoms with Gasteiger partial charge >= 0.3 is 17.9 Å². The van der Waals surface area contributed by atoms with Gasteiger partial charge < -0.3 is 19.8 Å². The molecule has 0 fully saturated rings. The first-order valence-corrected chi connectivity index (χ1v) is 16.5. The van der Waals surface area contributed by atoms with Gasteiger partial charge in [-0.05, 0) is 57.4 Å². The number of rotatable bonds is 31. The molecule has 0 aliphatic rings. The van der Waals surface area contributed by atoms with Crippen LogP contribution >= 0.6 is 0 Å². The van der Waals surface area contributed by atoms with E-state index in [4.69, 9.17) is 15.3 Å². The van der Waals surface area contributed by atoms with Gasteiger partial charge in [0.15, 0.2) is 0 Å².